The lowest BCUT2D eigenvalue weighted by Crippen LogP contribution is -2.32. The van der Waals surface area contributed by atoms with Crippen LogP contribution >= 0.6 is 12.2 Å². The number of hydrogen-bond acceptors (Lipinski definition) is 3. The third-order valence-corrected chi connectivity index (χ3v) is 5.39. The van der Waals surface area contributed by atoms with E-state index in [0.29, 0.717) is 10.0 Å². The lowest BCUT2D eigenvalue weighted by Gasteiger charge is -2.20. The van der Waals surface area contributed by atoms with Crippen molar-refractivity contribution in [2.24, 2.45) is 0 Å². The Morgan fingerprint density at radius 2 is 1.64 bits per heavy atom. The van der Waals surface area contributed by atoms with Gasteiger partial charge in [-0.25, -0.2) is 8.42 Å². The molecule has 1 atom stereocenters. The van der Waals surface area contributed by atoms with Gasteiger partial charge in [-0.3, -0.25) is 0 Å². The van der Waals surface area contributed by atoms with Gasteiger partial charge in [0.15, 0.2) is 14.9 Å². The molecule has 0 aliphatic carbocycles. The van der Waals surface area contributed by atoms with E-state index >= 15 is 0 Å². The molecule has 0 aromatic heterocycles. The van der Waals surface area contributed by atoms with Crippen molar-refractivity contribution in [1.29, 1.82) is 0 Å². The van der Waals surface area contributed by atoms with Gasteiger partial charge < -0.3 is 10.6 Å². The van der Waals surface area contributed by atoms with Crippen LogP contribution in [0.2, 0.25) is 0 Å². The summed E-state index contributed by atoms with van der Waals surface area (Å²) in [4.78, 5) is 0.322. The van der Waals surface area contributed by atoms with Crippen molar-refractivity contribution in [3.05, 3.63) is 59.7 Å². The maximum atomic E-state index is 11.6. The monoisotopic (exact) mass is 376 g/mol. The van der Waals surface area contributed by atoms with E-state index in [9.17, 15) is 8.42 Å². The normalized spacial score (nSPS) is 12.4. The highest BCUT2D eigenvalue weighted by Crippen LogP contribution is 2.19. The van der Waals surface area contributed by atoms with E-state index in [-0.39, 0.29) is 6.04 Å². The van der Waals surface area contributed by atoms with Crippen molar-refractivity contribution in [3.63, 3.8) is 0 Å². The highest BCUT2D eigenvalue weighted by molar-refractivity contribution is 7.90. The summed E-state index contributed by atoms with van der Waals surface area (Å²) in [5.41, 5.74) is 3.22. The van der Waals surface area contributed by atoms with Gasteiger partial charge in [0.05, 0.1) is 10.9 Å². The molecule has 0 saturated heterocycles. The first-order chi connectivity index (χ1) is 11.8. The van der Waals surface area contributed by atoms with Crippen LogP contribution in [0.5, 0.6) is 0 Å². The lowest BCUT2D eigenvalue weighted by atomic mass is 10.1. The van der Waals surface area contributed by atoms with Crippen LogP contribution in [-0.2, 0) is 16.3 Å². The first kappa shape index (κ1) is 19.4. The van der Waals surface area contributed by atoms with Crippen LogP contribution in [0.4, 0.5) is 5.69 Å². The second-order valence-corrected chi connectivity index (χ2v) is 8.37. The average Bonchev–Trinajstić information content (AvgIpc) is 2.59. The molecule has 0 radical (unpaired) electrons. The van der Waals surface area contributed by atoms with E-state index in [1.54, 1.807) is 12.1 Å². The SMILES string of the molecule is CCc1ccc(NC(=S)N[C@H](CC)c2ccc(S(C)(=O)=O)cc2)cc1. The summed E-state index contributed by atoms with van der Waals surface area (Å²) in [7, 11) is -3.18. The molecule has 2 aromatic rings. The van der Waals surface area contributed by atoms with Gasteiger partial charge in [0.2, 0.25) is 0 Å². The molecule has 0 amide bonds. The maximum Gasteiger partial charge on any atom is 0.175 e. The van der Waals surface area contributed by atoms with Crippen LogP contribution in [0.3, 0.4) is 0 Å². The van der Waals surface area contributed by atoms with Crippen molar-refractivity contribution < 1.29 is 8.42 Å². The van der Waals surface area contributed by atoms with Gasteiger partial charge >= 0.3 is 0 Å². The number of hydrogen-bond donors (Lipinski definition) is 2. The van der Waals surface area contributed by atoms with Gasteiger partial charge in [0.25, 0.3) is 0 Å². The minimum Gasteiger partial charge on any atom is -0.356 e. The Hall–Kier alpha value is -1.92. The number of thiocarbonyl (C=S) groups is 1. The Kier molecular flexibility index (Phi) is 6.56. The van der Waals surface area contributed by atoms with Crippen molar-refractivity contribution in [1.82, 2.24) is 5.32 Å². The number of nitrogens with one attached hydrogen (secondary N) is 2. The molecule has 0 aliphatic rings. The zero-order chi connectivity index (χ0) is 18.4. The molecule has 134 valence electrons. The van der Waals surface area contributed by atoms with Gasteiger partial charge in [0.1, 0.15) is 0 Å². The molecular weight excluding hydrogens is 352 g/mol. The molecule has 0 bridgehead atoms. The molecule has 0 unspecified atom stereocenters. The minimum absolute atomic E-state index is 0.0172. The van der Waals surface area contributed by atoms with Crippen LogP contribution in [0.25, 0.3) is 0 Å². The third-order valence-electron chi connectivity index (χ3n) is 4.04. The Bertz CT molecular complexity index is 814. The highest BCUT2D eigenvalue weighted by Gasteiger charge is 2.13. The molecule has 2 aromatic carbocycles. The van der Waals surface area contributed by atoms with Crippen LogP contribution in [0, 0.1) is 0 Å². The first-order valence-corrected chi connectivity index (χ1v) is 10.6. The summed E-state index contributed by atoms with van der Waals surface area (Å²) in [6.07, 6.45) is 3.04. The van der Waals surface area contributed by atoms with Crippen LogP contribution in [0.1, 0.15) is 37.4 Å². The average molecular weight is 377 g/mol. The molecule has 4 nitrogen and oxygen atoms in total. The number of rotatable bonds is 6. The fourth-order valence-corrected chi connectivity index (χ4v) is 3.41. The maximum absolute atomic E-state index is 11.6. The topological polar surface area (TPSA) is 58.2 Å². The van der Waals surface area contributed by atoms with E-state index in [1.165, 1.54) is 11.8 Å². The van der Waals surface area contributed by atoms with E-state index in [0.717, 1.165) is 24.1 Å². The molecular formula is C19H24N2O2S2. The van der Waals surface area contributed by atoms with Crippen LogP contribution in [-0.4, -0.2) is 19.8 Å². The molecule has 0 spiro atoms. The summed E-state index contributed by atoms with van der Waals surface area (Å²) in [6, 6.07) is 15.1. The summed E-state index contributed by atoms with van der Waals surface area (Å²) in [5.74, 6) is 0. The van der Waals surface area contributed by atoms with Crippen LogP contribution in [0.15, 0.2) is 53.4 Å². The zero-order valence-corrected chi connectivity index (χ0v) is 16.4. The van der Waals surface area contributed by atoms with Crippen LogP contribution < -0.4 is 10.6 Å². The van der Waals surface area contributed by atoms with Gasteiger partial charge in [-0.05, 0) is 60.5 Å². The predicted octanol–water partition coefficient (Wildman–Crippen LogP) is 4.09. The lowest BCUT2D eigenvalue weighted by molar-refractivity contribution is 0.601. The zero-order valence-electron chi connectivity index (χ0n) is 14.7. The highest BCUT2D eigenvalue weighted by atomic mass is 32.2. The smallest absolute Gasteiger partial charge is 0.175 e. The van der Waals surface area contributed by atoms with Gasteiger partial charge in [-0.1, -0.05) is 38.1 Å². The molecule has 0 aliphatic heterocycles. The second-order valence-electron chi connectivity index (χ2n) is 5.95. The number of aryl methyl sites for hydroxylation is 1. The molecule has 2 N–H and O–H groups in total. The van der Waals surface area contributed by atoms with E-state index in [1.807, 2.05) is 24.3 Å². The van der Waals surface area contributed by atoms with Gasteiger partial charge in [-0.15, -0.1) is 0 Å². The Morgan fingerprint density at radius 3 is 2.12 bits per heavy atom. The number of benzene rings is 2. The molecule has 2 rings (SSSR count). The standard InChI is InChI=1S/C19H24N2O2S2/c1-4-14-6-10-16(11-7-14)20-19(24)21-18(5-2)15-8-12-17(13-9-15)25(3,22)23/h6-13,18H,4-5H2,1-3H3,(H2,20,21,24)/t18-/m1/s1. The molecule has 6 heteroatoms. The third kappa shape index (κ3) is 5.54. The largest absolute Gasteiger partial charge is 0.356 e. The summed E-state index contributed by atoms with van der Waals surface area (Å²) in [6.45, 7) is 4.18. The second kappa shape index (κ2) is 8.45. The Labute approximate surface area is 155 Å². The summed E-state index contributed by atoms with van der Waals surface area (Å²) < 4.78 is 23.1. The number of anilines is 1. The van der Waals surface area contributed by atoms with E-state index in [4.69, 9.17) is 12.2 Å². The predicted molar refractivity (Wildman–Crippen MR) is 108 cm³/mol. The Morgan fingerprint density at radius 1 is 1.04 bits per heavy atom. The fourth-order valence-electron chi connectivity index (χ4n) is 2.52. The molecule has 0 fully saturated rings. The van der Waals surface area contributed by atoms with Gasteiger partial charge in [-0.2, -0.15) is 0 Å². The van der Waals surface area contributed by atoms with Crippen molar-refractivity contribution >= 4 is 32.9 Å². The quantitative estimate of drug-likeness (QED) is 0.744. The molecule has 0 saturated carbocycles. The van der Waals surface area contributed by atoms with Gasteiger partial charge in [0, 0.05) is 11.9 Å². The minimum atomic E-state index is -3.18. The molecule has 0 heterocycles. The molecule has 25 heavy (non-hydrogen) atoms. The first-order valence-electron chi connectivity index (χ1n) is 8.30. The Balaban J connectivity index is 2.03. The fraction of sp³-hybridized carbons (Fsp3) is 0.316. The van der Waals surface area contributed by atoms with E-state index in [2.05, 4.69) is 36.6 Å². The van der Waals surface area contributed by atoms with Crippen molar-refractivity contribution in [2.45, 2.75) is 37.6 Å². The van der Waals surface area contributed by atoms with E-state index < -0.39 is 9.84 Å². The number of sulfone groups is 1. The summed E-state index contributed by atoms with van der Waals surface area (Å²) in [5, 5.41) is 7.02. The summed E-state index contributed by atoms with van der Waals surface area (Å²) >= 11 is 5.41. The van der Waals surface area contributed by atoms with Crippen molar-refractivity contribution in [2.75, 3.05) is 11.6 Å². The van der Waals surface area contributed by atoms with Crippen molar-refractivity contribution in [3.8, 4) is 0 Å².